The maximum atomic E-state index is 13.6. The largest absolute Gasteiger partial charge is 0.541 e. The van der Waals surface area contributed by atoms with Crippen LogP contribution in [0.4, 0.5) is 0 Å². The molecule has 0 aliphatic rings. The van der Waals surface area contributed by atoms with E-state index in [4.69, 9.17) is 32.4 Å². The number of nitrogens with zero attached hydrogens (tertiary/aromatic N) is 1. The molecule has 0 aliphatic heterocycles. The van der Waals surface area contributed by atoms with Crippen molar-refractivity contribution in [1.29, 1.82) is 0 Å². The monoisotopic (exact) mass is 525 g/mol. The van der Waals surface area contributed by atoms with Crippen LogP contribution in [0.15, 0.2) is 41.2 Å². The standard InChI is InChI=1S/C25H33Cl2NO3SSi/c1-25(2,3)33(4,5)31-19-10-11-21-22(23(29)18-8-6-7-9-20(18)32-21)24(19)30-17-16-28(14-12-26)15-13-27/h6-11H,12-17H2,1-5H3. The van der Waals surface area contributed by atoms with Gasteiger partial charge in [0.05, 0.1) is 5.39 Å². The summed E-state index contributed by atoms with van der Waals surface area (Å²) in [6.07, 6.45) is 0. The third-order valence-electron chi connectivity index (χ3n) is 6.29. The van der Waals surface area contributed by atoms with Gasteiger partial charge < -0.3 is 9.16 Å². The lowest BCUT2D eigenvalue weighted by molar-refractivity contribution is 0.222. The van der Waals surface area contributed by atoms with Gasteiger partial charge in [0.2, 0.25) is 0 Å². The molecule has 0 amide bonds. The normalized spacial score (nSPS) is 12.6. The lowest BCUT2D eigenvalue weighted by atomic mass is 10.1. The van der Waals surface area contributed by atoms with Crippen molar-refractivity contribution < 1.29 is 9.16 Å². The molecule has 0 bridgehead atoms. The predicted molar refractivity (Wildman–Crippen MR) is 147 cm³/mol. The Morgan fingerprint density at radius 2 is 1.64 bits per heavy atom. The lowest BCUT2D eigenvalue weighted by Crippen LogP contribution is -2.44. The van der Waals surface area contributed by atoms with Crippen molar-refractivity contribution in [2.45, 2.75) is 38.9 Å². The highest BCUT2D eigenvalue weighted by Crippen LogP contribution is 2.43. The van der Waals surface area contributed by atoms with Crippen LogP contribution in [-0.4, -0.2) is 51.2 Å². The maximum Gasteiger partial charge on any atom is 0.250 e. The number of ether oxygens (including phenoxy) is 1. The third-order valence-corrected chi connectivity index (χ3v) is 12.1. The molecule has 0 saturated heterocycles. The molecule has 1 heterocycles. The van der Waals surface area contributed by atoms with Crippen molar-refractivity contribution in [1.82, 2.24) is 4.90 Å². The van der Waals surface area contributed by atoms with Gasteiger partial charge in [-0.15, -0.1) is 34.5 Å². The van der Waals surface area contributed by atoms with Crippen molar-refractivity contribution in [3.63, 3.8) is 0 Å². The van der Waals surface area contributed by atoms with E-state index in [1.54, 1.807) is 11.3 Å². The summed E-state index contributed by atoms with van der Waals surface area (Å²) in [5.41, 5.74) is -0.0200. The van der Waals surface area contributed by atoms with Crippen LogP contribution in [-0.2, 0) is 0 Å². The quantitative estimate of drug-likeness (QED) is 0.163. The van der Waals surface area contributed by atoms with Crippen molar-refractivity contribution in [2.24, 2.45) is 0 Å². The lowest BCUT2D eigenvalue weighted by Gasteiger charge is -2.37. The van der Waals surface area contributed by atoms with Gasteiger partial charge in [0.1, 0.15) is 12.4 Å². The predicted octanol–water partition coefficient (Wildman–Crippen LogP) is 6.96. The summed E-state index contributed by atoms with van der Waals surface area (Å²) in [7, 11) is -2.15. The second-order valence-electron chi connectivity index (χ2n) is 9.62. The maximum absolute atomic E-state index is 13.6. The molecule has 1 aromatic heterocycles. The molecule has 0 radical (unpaired) electrons. The van der Waals surface area contributed by atoms with E-state index in [1.807, 2.05) is 36.4 Å². The molecule has 0 fully saturated rings. The Balaban J connectivity index is 2.08. The molecular weight excluding hydrogens is 493 g/mol. The summed E-state index contributed by atoms with van der Waals surface area (Å²) < 4.78 is 14.9. The Hall–Kier alpha value is -1.31. The van der Waals surface area contributed by atoms with Crippen LogP contribution >= 0.6 is 34.5 Å². The number of benzene rings is 2. The van der Waals surface area contributed by atoms with Crippen LogP contribution in [0.2, 0.25) is 18.1 Å². The SMILES string of the molecule is CC(C)(C)[Si](C)(C)Oc1ccc2sc3ccccc3c(=O)c2c1OCCN(CCCl)CCCl. The minimum absolute atomic E-state index is 0.0169. The highest BCUT2D eigenvalue weighted by molar-refractivity contribution is 7.24. The second kappa shape index (κ2) is 11.0. The van der Waals surface area contributed by atoms with Crippen LogP contribution < -0.4 is 14.6 Å². The van der Waals surface area contributed by atoms with E-state index < -0.39 is 8.32 Å². The fraction of sp³-hybridized carbons (Fsp3) is 0.480. The number of rotatable bonds is 10. The number of halogens is 2. The average molecular weight is 527 g/mol. The van der Waals surface area contributed by atoms with Gasteiger partial charge in [-0.2, -0.15) is 0 Å². The summed E-state index contributed by atoms with van der Waals surface area (Å²) in [6.45, 7) is 13.6. The summed E-state index contributed by atoms with van der Waals surface area (Å²) >= 11 is 13.5. The van der Waals surface area contributed by atoms with Crippen molar-refractivity contribution >= 4 is 63.0 Å². The van der Waals surface area contributed by atoms with Gasteiger partial charge in [-0.3, -0.25) is 9.69 Å². The van der Waals surface area contributed by atoms with Crippen molar-refractivity contribution in [3.8, 4) is 11.5 Å². The van der Waals surface area contributed by atoms with E-state index in [9.17, 15) is 4.79 Å². The fourth-order valence-corrected chi connectivity index (χ4v) is 5.92. The van der Waals surface area contributed by atoms with E-state index >= 15 is 0 Å². The van der Waals surface area contributed by atoms with Gasteiger partial charge in [-0.1, -0.05) is 32.9 Å². The van der Waals surface area contributed by atoms with Crippen molar-refractivity contribution in [3.05, 3.63) is 46.6 Å². The molecule has 33 heavy (non-hydrogen) atoms. The molecule has 3 rings (SSSR count). The molecule has 0 saturated carbocycles. The number of alkyl halides is 2. The zero-order chi connectivity index (χ0) is 24.2. The molecule has 0 atom stereocenters. The van der Waals surface area contributed by atoms with E-state index in [-0.39, 0.29) is 10.5 Å². The van der Waals surface area contributed by atoms with Crippen LogP contribution in [0.3, 0.4) is 0 Å². The van der Waals surface area contributed by atoms with Crippen LogP contribution in [0.1, 0.15) is 20.8 Å². The molecule has 8 heteroatoms. The molecule has 2 aromatic carbocycles. The van der Waals surface area contributed by atoms with Crippen LogP contribution in [0.25, 0.3) is 20.2 Å². The number of fused-ring (bicyclic) bond motifs is 2. The minimum atomic E-state index is -2.15. The van der Waals surface area contributed by atoms with Gasteiger partial charge >= 0.3 is 0 Å². The molecule has 0 spiro atoms. The Bertz CT molecular complexity index is 1150. The number of hydrogen-bond donors (Lipinski definition) is 0. The van der Waals surface area contributed by atoms with Gasteiger partial charge in [0.15, 0.2) is 11.2 Å². The third kappa shape index (κ3) is 6.04. The van der Waals surface area contributed by atoms with Crippen LogP contribution in [0.5, 0.6) is 11.5 Å². The van der Waals surface area contributed by atoms with E-state index in [1.165, 1.54) is 0 Å². The molecule has 3 aromatic rings. The Labute approximate surface area is 211 Å². The first-order chi connectivity index (χ1) is 15.6. The Kier molecular flexibility index (Phi) is 8.73. The molecular formula is C25H33Cl2NO3SSi. The first kappa shape index (κ1) is 26.3. The van der Waals surface area contributed by atoms with E-state index in [0.717, 1.165) is 22.5 Å². The summed E-state index contributed by atoms with van der Waals surface area (Å²) in [4.78, 5) is 15.7. The first-order valence-corrected chi connectivity index (χ1v) is 16.0. The second-order valence-corrected chi connectivity index (χ2v) is 16.2. The molecule has 0 aliphatic carbocycles. The molecule has 0 N–H and O–H groups in total. The van der Waals surface area contributed by atoms with Crippen LogP contribution in [0, 0.1) is 0 Å². The fourth-order valence-electron chi connectivity index (χ4n) is 3.34. The average Bonchev–Trinajstić information content (AvgIpc) is 2.74. The molecule has 180 valence electrons. The van der Waals surface area contributed by atoms with Crippen molar-refractivity contribution in [2.75, 3.05) is 38.0 Å². The highest BCUT2D eigenvalue weighted by Gasteiger charge is 2.39. The molecule has 4 nitrogen and oxygen atoms in total. The Morgan fingerprint density at radius 3 is 2.27 bits per heavy atom. The number of hydrogen-bond acceptors (Lipinski definition) is 5. The summed E-state index contributed by atoms with van der Waals surface area (Å²) in [5, 5.41) is 1.31. The summed E-state index contributed by atoms with van der Waals surface area (Å²) in [6, 6.07) is 11.7. The first-order valence-electron chi connectivity index (χ1n) is 11.2. The zero-order valence-corrected chi connectivity index (χ0v) is 23.4. The van der Waals surface area contributed by atoms with Gasteiger partial charge in [-0.25, -0.2) is 0 Å². The van der Waals surface area contributed by atoms with E-state index in [0.29, 0.717) is 47.2 Å². The topological polar surface area (TPSA) is 38.8 Å². The summed E-state index contributed by atoms with van der Waals surface area (Å²) in [5.74, 6) is 2.25. The zero-order valence-electron chi connectivity index (χ0n) is 20.0. The van der Waals surface area contributed by atoms with E-state index in [2.05, 4.69) is 38.8 Å². The highest BCUT2D eigenvalue weighted by atomic mass is 35.5. The van der Waals surface area contributed by atoms with Gasteiger partial charge in [-0.05, 0) is 42.4 Å². The smallest absolute Gasteiger partial charge is 0.250 e. The Morgan fingerprint density at radius 1 is 0.970 bits per heavy atom. The van der Waals surface area contributed by atoms with Gasteiger partial charge in [0, 0.05) is 46.2 Å². The minimum Gasteiger partial charge on any atom is -0.541 e. The molecule has 0 unspecified atom stereocenters. The van der Waals surface area contributed by atoms with Gasteiger partial charge in [0.25, 0.3) is 8.32 Å².